The first-order valence-corrected chi connectivity index (χ1v) is 9.59. The standard InChI is InChI=1S/C22H18FN5O3/c1-2-14-5-3-4-6-17(14)24-19(29)13-28-20(30)12-11-18(26-28)22-25-21(27-31-22)15-7-9-16(23)10-8-15/h3-12H,2,13H2,1H3,(H,24,29). The van der Waals surface area contributed by atoms with Crippen LogP contribution in [0.2, 0.25) is 0 Å². The van der Waals surface area contributed by atoms with Gasteiger partial charge in [0.1, 0.15) is 18.1 Å². The van der Waals surface area contributed by atoms with Crippen molar-refractivity contribution < 1.29 is 13.7 Å². The zero-order valence-corrected chi connectivity index (χ0v) is 16.6. The number of amides is 1. The number of carbonyl (C=O) groups is 1. The number of rotatable bonds is 6. The molecule has 2 aromatic carbocycles. The van der Waals surface area contributed by atoms with Gasteiger partial charge in [0.2, 0.25) is 11.7 Å². The second-order valence-electron chi connectivity index (χ2n) is 6.70. The molecular weight excluding hydrogens is 401 g/mol. The third kappa shape index (κ3) is 4.55. The molecule has 2 aromatic heterocycles. The van der Waals surface area contributed by atoms with Crippen LogP contribution in [0.15, 0.2) is 70.0 Å². The maximum atomic E-state index is 13.1. The van der Waals surface area contributed by atoms with Gasteiger partial charge < -0.3 is 9.84 Å². The number of carbonyl (C=O) groups excluding carboxylic acids is 1. The van der Waals surface area contributed by atoms with Crippen LogP contribution in [0.25, 0.3) is 23.0 Å². The fourth-order valence-electron chi connectivity index (χ4n) is 3.00. The van der Waals surface area contributed by atoms with E-state index >= 15 is 0 Å². The van der Waals surface area contributed by atoms with E-state index in [1.54, 1.807) is 6.07 Å². The van der Waals surface area contributed by atoms with E-state index in [2.05, 4.69) is 20.6 Å². The van der Waals surface area contributed by atoms with Crippen LogP contribution < -0.4 is 10.9 Å². The average molecular weight is 419 g/mol. The number of aryl methyl sites for hydroxylation is 1. The molecule has 0 aliphatic rings. The molecule has 31 heavy (non-hydrogen) atoms. The number of aromatic nitrogens is 4. The Labute approximate surface area is 176 Å². The van der Waals surface area contributed by atoms with Crippen molar-refractivity contribution in [2.75, 3.05) is 5.32 Å². The lowest BCUT2D eigenvalue weighted by Crippen LogP contribution is -2.29. The number of nitrogens with zero attached hydrogens (tertiary/aromatic N) is 4. The van der Waals surface area contributed by atoms with E-state index in [9.17, 15) is 14.0 Å². The van der Waals surface area contributed by atoms with Gasteiger partial charge in [0.25, 0.3) is 11.4 Å². The molecule has 0 spiro atoms. The van der Waals surface area contributed by atoms with Gasteiger partial charge in [-0.25, -0.2) is 9.07 Å². The van der Waals surface area contributed by atoms with Gasteiger partial charge in [0.05, 0.1) is 0 Å². The minimum absolute atomic E-state index is 0.0739. The summed E-state index contributed by atoms with van der Waals surface area (Å²) in [4.78, 5) is 28.9. The first-order chi connectivity index (χ1) is 15.0. The summed E-state index contributed by atoms with van der Waals surface area (Å²) in [5.74, 6) is -0.431. The fourth-order valence-corrected chi connectivity index (χ4v) is 3.00. The predicted molar refractivity (Wildman–Crippen MR) is 112 cm³/mol. The Morgan fingerprint density at radius 1 is 1.10 bits per heavy atom. The molecule has 0 aliphatic heterocycles. The molecule has 2 heterocycles. The lowest BCUT2D eigenvalue weighted by atomic mass is 10.1. The highest BCUT2D eigenvalue weighted by Crippen LogP contribution is 2.20. The molecule has 4 rings (SSSR count). The van der Waals surface area contributed by atoms with Gasteiger partial charge in [-0.05, 0) is 48.4 Å². The van der Waals surface area contributed by atoms with Crippen molar-refractivity contribution in [1.82, 2.24) is 19.9 Å². The first-order valence-electron chi connectivity index (χ1n) is 9.59. The Bertz CT molecular complexity index is 1280. The summed E-state index contributed by atoms with van der Waals surface area (Å²) in [6.45, 7) is 1.72. The van der Waals surface area contributed by atoms with Crippen LogP contribution in [0.4, 0.5) is 10.1 Å². The fraction of sp³-hybridized carbons (Fsp3) is 0.136. The van der Waals surface area contributed by atoms with Crippen LogP contribution >= 0.6 is 0 Å². The Morgan fingerprint density at radius 3 is 2.65 bits per heavy atom. The molecule has 0 bridgehead atoms. The highest BCUT2D eigenvalue weighted by molar-refractivity contribution is 5.91. The molecule has 9 heteroatoms. The van der Waals surface area contributed by atoms with E-state index in [1.165, 1.54) is 36.4 Å². The smallest absolute Gasteiger partial charge is 0.278 e. The van der Waals surface area contributed by atoms with Gasteiger partial charge in [-0.1, -0.05) is 30.3 Å². The van der Waals surface area contributed by atoms with Crippen LogP contribution in [0, 0.1) is 5.82 Å². The topological polar surface area (TPSA) is 103 Å². The van der Waals surface area contributed by atoms with Gasteiger partial charge >= 0.3 is 0 Å². The van der Waals surface area contributed by atoms with E-state index in [1.807, 2.05) is 25.1 Å². The van der Waals surface area contributed by atoms with Crippen LogP contribution in [-0.4, -0.2) is 25.8 Å². The van der Waals surface area contributed by atoms with Crippen LogP contribution in [-0.2, 0) is 17.8 Å². The summed E-state index contributed by atoms with van der Waals surface area (Å²) in [7, 11) is 0. The van der Waals surface area contributed by atoms with Crippen molar-refractivity contribution in [1.29, 1.82) is 0 Å². The van der Waals surface area contributed by atoms with Crippen LogP contribution in [0.5, 0.6) is 0 Å². The summed E-state index contributed by atoms with van der Waals surface area (Å²) >= 11 is 0. The maximum absolute atomic E-state index is 13.1. The Balaban J connectivity index is 1.54. The van der Waals surface area contributed by atoms with E-state index < -0.39 is 5.56 Å². The number of para-hydroxylation sites is 1. The van der Waals surface area contributed by atoms with E-state index in [0.717, 1.165) is 16.7 Å². The monoisotopic (exact) mass is 419 g/mol. The Kier molecular flexibility index (Phi) is 5.65. The Hall–Kier alpha value is -4.14. The maximum Gasteiger partial charge on any atom is 0.278 e. The quantitative estimate of drug-likeness (QED) is 0.514. The summed E-state index contributed by atoms with van der Waals surface area (Å²) in [5.41, 5.74) is 2.05. The summed E-state index contributed by atoms with van der Waals surface area (Å²) in [6, 6.07) is 15.8. The lowest BCUT2D eigenvalue weighted by Gasteiger charge is -2.10. The highest BCUT2D eigenvalue weighted by atomic mass is 19.1. The SMILES string of the molecule is CCc1ccccc1NC(=O)Cn1nc(-c2nc(-c3ccc(F)cc3)no2)ccc1=O. The molecule has 0 atom stereocenters. The number of halogens is 1. The van der Waals surface area contributed by atoms with Gasteiger partial charge in [-0.2, -0.15) is 10.1 Å². The average Bonchev–Trinajstić information content (AvgIpc) is 3.26. The highest BCUT2D eigenvalue weighted by Gasteiger charge is 2.15. The predicted octanol–water partition coefficient (Wildman–Crippen LogP) is 3.30. The minimum atomic E-state index is -0.444. The molecular formula is C22H18FN5O3. The molecule has 4 aromatic rings. The van der Waals surface area contributed by atoms with Gasteiger partial charge in [-0.15, -0.1) is 0 Å². The molecule has 1 N–H and O–H groups in total. The third-order valence-electron chi connectivity index (χ3n) is 4.58. The van der Waals surface area contributed by atoms with Crippen molar-refractivity contribution in [2.45, 2.75) is 19.9 Å². The number of anilines is 1. The zero-order valence-electron chi connectivity index (χ0n) is 16.6. The second-order valence-corrected chi connectivity index (χ2v) is 6.70. The first kappa shape index (κ1) is 20.1. The van der Waals surface area contributed by atoms with Gasteiger partial charge in [0, 0.05) is 17.3 Å². The third-order valence-corrected chi connectivity index (χ3v) is 4.58. The van der Waals surface area contributed by atoms with E-state index in [0.29, 0.717) is 11.3 Å². The molecule has 0 unspecified atom stereocenters. The summed E-state index contributed by atoms with van der Waals surface area (Å²) < 4.78 is 19.4. The molecule has 0 fully saturated rings. The zero-order chi connectivity index (χ0) is 21.8. The van der Waals surface area contributed by atoms with Gasteiger partial charge in [-0.3, -0.25) is 9.59 Å². The number of nitrogens with one attached hydrogen (secondary N) is 1. The molecule has 156 valence electrons. The molecule has 0 radical (unpaired) electrons. The van der Waals surface area contributed by atoms with Crippen molar-refractivity contribution in [3.8, 4) is 23.0 Å². The normalized spacial score (nSPS) is 10.8. The van der Waals surface area contributed by atoms with Crippen LogP contribution in [0.3, 0.4) is 0 Å². The van der Waals surface area contributed by atoms with E-state index in [-0.39, 0.29) is 35.7 Å². The molecule has 0 saturated heterocycles. The van der Waals surface area contributed by atoms with Crippen molar-refractivity contribution >= 4 is 11.6 Å². The molecule has 1 amide bonds. The second kappa shape index (κ2) is 8.70. The largest absolute Gasteiger partial charge is 0.332 e. The van der Waals surface area contributed by atoms with Crippen LogP contribution in [0.1, 0.15) is 12.5 Å². The molecule has 0 aliphatic carbocycles. The van der Waals surface area contributed by atoms with Gasteiger partial charge in [0.15, 0.2) is 0 Å². The number of hydrogen-bond acceptors (Lipinski definition) is 6. The summed E-state index contributed by atoms with van der Waals surface area (Å²) in [5, 5.41) is 10.8. The Morgan fingerprint density at radius 2 is 1.87 bits per heavy atom. The number of benzene rings is 2. The summed E-state index contributed by atoms with van der Waals surface area (Å²) in [6.07, 6.45) is 0.762. The lowest BCUT2D eigenvalue weighted by molar-refractivity contribution is -0.117. The number of hydrogen-bond donors (Lipinski definition) is 1. The van der Waals surface area contributed by atoms with Crippen molar-refractivity contribution in [3.63, 3.8) is 0 Å². The van der Waals surface area contributed by atoms with E-state index in [4.69, 9.17) is 4.52 Å². The molecule has 8 nitrogen and oxygen atoms in total. The van der Waals surface area contributed by atoms with Crippen molar-refractivity contribution in [2.24, 2.45) is 0 Å². The minimum Gasteiger partial charge on any atom is -0.332 e. The van der Waals surface area contributed by atoms with Crippen molar-refractivity contribution in [3.05, 3.63) is 82.4 Å². The molecule has 0 saturated carbocycles.